The molecule has 1 aliphatic rings. The molecule has 30 heavy (non-hydrogen) atoms. The van der Waals surface area contributed by atoms with Gasteiger partial charge in [-0.1, -0.05) is 23.2 Å². The number of anilines is 2. The number of aromatic amines is 1. The summed E-state index contributed by atoms with van der Waals surface area (Å²) in [6, 6.07) is 12.3. The van der Waals surface area contributed by atoms with E-state index in [1.54, 1.807) is 23.4 Å². The Morgan fingerprint density at radius 1 is 1.27 bits per heavy atom. The molecule has 0 saturated heterocycles. The first-order valence-corrected chi connectivity index (χ1v) is 9.80. The number of nitrogens with zero attached hydrogens (tertiary/aromatic N) is 3. The molecule has 150 valence electrons. The van der Waals surface area contributed by atoms with Gasteiger partial charge in [0, 0.05) is 17.8 Å². The molecule has 5 rings (SSSR count). The highest BCUT2D eigenvalue weighted by atomic mass is 19.1. The fraction of sp³-hybridized carbons (Fsp3) is 0.174. The molecule has 1 aliphatic heterocycles. The van der Waals surface area contributed by atoms with E-state index >= 15 is 0 Å². The normalized spacial score (nSPS) is 13.1. The van der Waals surface area contributed by atoms with Crippen LogP contribution in [0.5, 0.6) is 0 Å². The van der Waals surface area contributed by atoms with Gasteiger partial charge in [-0.3, -0.25) is 9.36 Å². The summed E-state index contributed by atoms with van der Waals surface area (Å²) in [4.78, 5) is 22.0. The molecule has 6 nitrogen and oxygen atoms in total. The molecule has 3 N–H and O–H groups in total. The maximum Gasteiger partial charge on any atom is 0.238 e. The molecule has 2 aromatic heterocycles. The first-order chi connectivity index (χ1) is 14.5. The largest absolute Gasteiger partial charge is 0.369 e. The number of amides is 1. The summed E-state index contributed by atoms with van der Waals surface area (Å²) in [5.41, 5.74) is 11.8. The lowest BCUT2D eigenvalue weighted by Gasteiger charge is -2.17. The van der Waals surface area contributed by atoms with Crippen molar-refractivity contribution in [3.63, 3.8) is 0 Å². The predicted octanol–water partition coefficient (Wildman–Crippen LogP) is 2.91. The van der Waals surface area contributed by atoms with E-state index in [4.69, 9.17) is 5.73 Å². The van der Waals surface area contributed by atoms with E-state index in [-0.39, 0.29) is 18.1 Å². The summed E-state index contributed by atoms with van der Waals surface area (Å²) in [5, 5.41) is 0.886. The number of H-pyrrole nitrogens is 1. The fourth-order valence-corrected chi connectivity index (χ4v) is 4.25. The van der Waals surface area contributed by atoms with Crippen LogP contribution in [-0.2, 0) is 24.7 Å². The molecule has 0 unspecified atom stereocenters. The van der Waals surface area contributed by atoms with Crippen molar-refractivity contribution in [3.05, 3.63) is 71.9 Å². The number of nitrogens with one attached hydrogen (secondary N) is 1. The minimum Gasteiger partial charge on any atom is -0.369 e. The Labute approximate surface area is 172 Å². The van der Waals surface area contributed by atoms with Crippen LogP contribution in [-0.4, -0.2) is 22.0 Å². The minimum absolute atomic E-state index is 0.0275. The molecular weight excluding hydrogens is 381 g/mol. The number of hydrogen-bond donors (Lipinski definition) is 1. The molecule has 0 fully saturated rings. The Bertz CT molecular complexity index is 1300. The molecule has 0 saturated carbocycles. The number of rotatable bonds is 3. The molecule has 3 heterocycles. The van der Waals surface area contributed by atoms with E-state index in [2.05, 4.69) is 16.0 Å². The van der Waals surface area contributed by atoms with Gasteiger partial charge in [-0.15, -0.1) is 0 Å². The van der Waals surface area contributed by atoms with Crippen LogP contribution in [0, 0.1) is 5.82 Å². The van der Waals surface area contributed by atoms with Gasteiger partial charge in [0.15, 0.2) is 0 Å². The number of nitrogens with two attached hydrogens (primary N) is 1. The summed E-state index contributed by atoms with van der Waals surface area (Å²) >= 11 is 0. The average Bonchev–Trinajstić information content (AvgIpc) is 3.30. The third-order valence-corrected chi connectivity index (χ3v) is 5.67. The van der Waals surface area contributed by atoms with E-state index < -0.39 is 0 Å². The minimum atomic E-state index is -0.326. The molecule has 0 radical (unpaired) electrons. The summed E-state index contributed by atoms with van der Waals surface area (Å²) in [5.74, 6) is 0.125. The van der Waals surface area contributed by atoms with Crippen molar-refractivity contribution in [3.8, 4) is 11.1 Å². The van der Waals surface area contributed by atoms with Gasteiger partial charge in [-0.2, -0.15) is 0 Å². The number of fused-ring (bicyclic) bond motifs is 2. The van der Waals surface area contributed by atoms with Crippen LogP contribution in [0.2, 0.25) is 0 Å². The van der Waals surface area contributed by atoms with E-state index in [0.29, 0.717) is 17.9 Å². The van der Waals surface area contributed by atoms with Gasteiger partial charge in [0.2, 0.25) is 23.7 Å². The Morgan fingerprint density at radius 3 is 2.97 bits per heavy atom. The van der Waals surface area contributed by atoms with Crippen LogP contribution in [0.25, 0.3) is 22.2 Å². The highest BCUT2D eigenvalue weighted by Crippen LogP contribution is 2.36. The van der Waals surface area contributed by atoms with Crippen LogP contribution in [0.15, 0.2) is 55.0 Å². The number of carbonyl (C=O) groups is 1. The topological polar surface area (TPSA) is 78.3 Å². The first kappa shape index (κ1) is 18.3. The van der Waals surface area contributed by atoms with Gasteiger partial charge in [0.05, 0.1) is 19.7 Å². The zero-order chi connectivity index (χ0) is 20.8. The van der Waals surface area contributed by atoms with Crippen molar-refractivity contribution in [1.82, 2.24) is 9.55 Å². The summed E-state index contributed by atoms with van der Waals surface area (Å²) in [6.07, 6.45) is 4.58. The summed E-state index contributed by atoms with van der Waals surface area (Å²) < 4.78 is 15.4. The SMILES string of the molecule is Cn1cc(-c2ccc3c(c2)CCN3C(=O)Cc2cccc(F)c2)c2c(N)nc[nH+]c21. The van der Waals surface area contributed by atoms with Crippen LogP contribution in [0.3, 0.4) is 0 Å². The predicted molar refractivity (Wildman–Crippen MR) is 113 cm³/mol. The average molecular weight is 402 g/mol. The zero-order valence-electron chi connectivity index (χ0n) is 16.5. The lowest BCUT2D eigenvalue weighted by molar-refractivity contribution is -0.353. The maximum atomic E-state index is 13.4. The van der Waals surface area contributed by atoms with Crippen molar-refractivity contribution < 1.29 is 14.2 Å². The van der Waals surface area contributed by atoms with Gasteiger partial charge in [0.25, 0.3) is 0 Å². The second kappa shape index (κ2) is 6.95. The Kier molecular flexibility index (Phi) is 4.24. The molecule has 0 bridgehead atoms. The molecule has 7 heteroatoms. The van der Waals surface area contributed by atoms with E-state index in [1.807, 2.05) is 29.9 Å². The lowest BCUT2D eigenvalue weighted by atomic mass is 10.0. The molecule has 0 aliphatic carbocycles. The van der Waals surface area contributed by atoms with E-state index in [9.17, 15) is 9.18 Å². The van der Waals surface area contributed by atoms with E-state index in [1.165, 1.54) is 12.1 Å². The molecule has 0 spiro atoms. The number of aryl methyl sites for hydroxylation is 1. The Hall–Kier alpha value is -3.74. The molecule has 2 aromatic carbocycles. The smallest absolute Gasteiger partial charge is 0.238 e. The summed E-state index contributed by atoms with van der Waals surface area (Å²) in [6.45, 7) is 0.625. The van der Waals surface area contributed by atoms with Gasteiger partial charge >= 0.3 is 0 Å². The van der Waals surface area contributed by atoms with Crippen molar-refractivity contribution in [2.75, 3.05) is 17.2 Å². The van der Waals surface area contributed by atoms with Gasteiger partial charge in [-0.05, 0) is 47.4 Å². The van der Waals surface area contributed by atoms with Crippen LogP contribution in [0.4, 0.5) is 15.9 Å². The third kappa shape index (κ3) is 2.99. The standard InChI is InChI=1S/C23H20FN5O/c1-28-12-18(21-22(25)26-13-27-23(21)28)15-5-6-19-16(11-15)7-8-29(19)20(30)10-14-3-2-4-17(24)9-14/h2-6,9,11-13H,7-8,10H2,1H3,(H2,25,26,27)/p+1. The number of carbonyl (C=O) groups excluding carboxylic acids is 1. The maximum absolute atomic E-state index is 13.4. The Balaban J connectivity index is 1.47. The quantitative estimate of drug-likeness (QED) is 0.572. The van der Waals surface area contributed by atoms with Crippen LogP contribution >= 0.6 is 0 Å². The van der Waals surface area contributed by atoms with Gasteiger partial charge in [0.1, 0.15) is 11.2 Å². The number of aromatic nitrogens is 3. The van der Waals surface area contributed by atoms with Gasteiger partial charge < -0.3 is 10.6 Å². The Morgan fingerprint density at radius 2 is 2.13 bits per heavy atom. The zero-order valence-corrected chi connectivity index (χ0v) is 16.5. The fourth-order valence-electron chi connectivity index (χ4n) is 4.25. The molecule has 0 atom stereocenters. The van der Waals surface area contributed by atoms with Crippen molar-refractivity contribution in [2.45, 2.75) is 12.8 Å². The number of halogens is 1. The van der Waals surface area contributed by atoms with Crippen molar-refractivity contribution in [1.29, 1.82) is 0 Å². The molecule has 4 aromatic rings. The lowest BCUT2D eigenvalue weighted by Crippen LogP contribution is -2.30. The molecule has 1 amide bonds. The van der Waals surface area contributed by atoms with Gasteiger partial charge in [-0.25, -0.2) is 9.37 Å². The highest BCUT2D eigenvalue weighted by molar-refractivity contribution is 6.01. The first-order valence-electron chi connectivity index (χ1n) is 9.80. The summed E-state index contributed by atoms with van der Waals surface area (Å²) in [7, 11) is 1.96. The van der Waals surface area contributed by atoms with Crippen molar-refractivity contribution in [2.24, 2.45) is 7.05 Å². The second-order valence-corrected chi connectivity index (χ2v) is 7.61. The van der Waals surface area contributed by atoms with Crippen LogP contribution in [0.1, 0.15) is 11.1 Å². The number of benzene rings is 2. The molecular formula is C23H21FN5O+. The number of nitrogen functional groups attached to an aromatic ring is 1. The monoisotopic (exact) mass is 402 g/mol. The van der Waals surface area contributed by atoms with Crippen molar-refractivity contribution >= 4 is 28.4 Å². The highest BCUT2D eigenvalue weighted by Gasteiger charge is 2.26. The third-order valence-electron chi connectivity index (χ3n) is 5.67. The van der Waals surface area contributed by atoms with E-state index in [0.717, 1.165) is 39.8 Å². The second-order valence-electron chi connectivity index (χ2n) is 7.61. The number of hydrogen-bond acceptors (Lipinski definition) is 3. The van der Waals surface area contributed by atoms with Crippen LogP contribution < -0.4 is 15.6 Å².